The molecule has 7 nitrogen and oxygen atoms in total. The molecule has 2 heterocycles. The molecule has 0 spiro atoms. The van der Waals surface area contributed by atoms with Crippen LogP contribution in [-0.4, -0.2) is 59.5 Å². The van der Waals surface area contributed by atoms with Crippen LogP contribution < -0.4 is 5.32 Å². The Morgan fingerprint density at radius 1 is 1.19 bits per heavy atom. The van der Waals surface area contributed by atoms with Gasteiger partial charge in [0.1, 0.15) is 12.1 Å². The highest BCUT2D eigenvalue weighted by Gasteiger charge is 2.51. The van der Waals surface area contributed by atoms with Crippen molar-refractivity contribution in [3.63, 3.8) is 0 Å². The van der Waals surface area contributed by atoms with Crippen molar-refractivity contribution in [3.8, 4) is 0 Å². The lowest BCUT2D eigenvalue weighted by molar-refractivity contribution is -0.147. The zero-order valence-electron chi connectivity index (χ0n) is 15.4. The van der Waals surface area contributed by atoms with E-state index in [1.165, 1.54) is 0 Å². The van der Waals surface area contributed by atoms with Gasteiger partial charge in [-0.05, 0) is 25.8 Å². The number of urea groups is 1. The van der Waals surface area contributed by atoms with Crippen LogP contribution in [0.15, 0.2) is 30.3 Å². The second kappa shape index (κ2) is 7.07. The van der Waals surface area contributed by atoms with Crippen molar-refractivity contribution in [1.29, 1.82) is 0 Å². The Hall–Kier alpha value is -2.41. The summed E-state index contributed by atoms with van der Waals surface area (Å²) in [6.07, 6.45) is 0.285. The van der Waals surface area contributed by atoms with Gasteiger partial charge in [-0.3, -0.25) is 14.5 Å². The summed E-state index contributed by atoms with van der Waals surface area (Å²) < 4.78 is 5.63. The quantitative estimate of drug-likeness (QED) is 0.826. The minimum Gasteiger partial charge on any atom is -0.372 e. The zero-order chi connectivity index (χ0) is 18.9. The van der Waals surface area contributed by atoms with Gasteiger partial charge in [-0.25, -0.2) is 4.79 Å². The number of imide groups is 1. The fraction of sp³-hybridized carbons (Fsp3) is 0.526. The number of amides is 4. The van der Waals surface area contributed by atoms with Gasteiger partial charge in [-0.1, -0.05) is 37.3 Å². The number of hydrogen-bond donors (Lipinski definition) is 1. The van der Waals surface area contributed by atoms with E-state index in [4.69, 9.17) is 4.74 Å². The minimum atomic E-state index is -1.11. The van der Waals surface area contributed by atoms with Gasteiger partial charge in [-0.2, -0.15) is 0 Å². The van der Waals surface area contributed by atoms with Gasteiger partial charge in [0, 0.05) is 13.1 Å². The average Bonchev–Trinajstić information content (AvgIpc) is 2.86. The summed E-state index contributed by atoms with van der Waals surface area (Å²) in [6, 6.07) is 8.63. The molecule has 1 aromatic rings. The number of benzene rings is 1. The molecule has 4 amide bonds. The fourth-order valence-corrected chi connectivity index (χ4v) is 3.75. The molecule has 0 radical (unpaired) electrons. The number of carbonyl (C=O) groups is 3. The summed E-state index contributed by atoms with van der Waals surface area (Å²) in [5.41, 5.74) is -0.381. The molecule has 2 fully saturated rings. The summed E-state index contributed by atoms with van der Waals surface area (Å²) in [6.45, 7) is 6.33. The Kier molecular flexibility index (Phi) is 5.00. The normalized spacial score (nSPS) is 29.0. The van der Waals surface area contributed by atoms with Crippen molar-refractivity contribution in [1.82, 2.24) is 15.1 Å². The van der Waals surface area contributed by atoms with E-state index in [1.807, 2.05) is 51.1 Å². The Morgan fingerprint density at radius 2 is 1.81 bits per heavy atom. The van der Waals surface area contributed by atoms with Crippen molar-refractivity contribution in [2.75, 3.05) is 19.6 Å². The Labute approximate surface area is 153 Å². The number of rotatable bonds is 4. The van der Waals surface area contributed by atoms with Gasteiger partial charge in [-0.15, -0.1) is 0 Å². The van der Waals surface area contributed by atoms with Crippen LogP contribution in [0.2, 0.25) is 0 Å². The summed E-state index contributed by atoms with van der Waals surface area (Å²) in [5.74, 6) is -0.616. The van der Waals surface area contributed by atoms with E-state index in [2.05, 4.69) is 5.32 Å². The summed E-state index contributed by atoms with van der Waals surface area (Å²) >= 11 is 0. The van der Waals surface area contributed by atoms with Crippen molar-refractivity contribution in [2.24, 2.45) is 0 Å². The highest BCUT2D eigenvalue weighted by molar-refractivity contribution is 6.09. The molecular formula is C19H25N3O4. The predicted octanol–water partition coefficient (Wildman–Crippen LogP) is 1.48. The van der Waals surface area contributed by atoms with Crippen LogP contribution >= 0.6 is 0 Å². The van der Waals surface area contributed by atoms with Crippen molar-refractivity contribution < 1.29 is 19.1 Å². The second-order valence-electron chi connectivity index (χ2n) is 7.00. The molecule has 3 rings (SSSR count). The predicted molar refractivity (Wildman–Crippen MR) is 95.2 cm³/mol. The third-order valence-electron chi connectivity index (χ3n) is 5.04. The minimum absolute atomic E-state index is 0.0649. The molecule has 0 aliphatic carbocycles. The molecule has 1 N–H and O–H groups in total. The largest absolute Gasteiger partial charge is 0.372 e. The van der Waals surface area contributed by atoms with E-state index >= 15 is 0 Å². The summed E-state index contributed by atoms with van der Waals surface area (Å²) in [5, 5.41) is 2.80. The Bertz CT molecular complexity index is 698. The summed E-state index contributed by atoms with van der Waals surface area (Å²) in [7, 11) is 0. The number of carbonyl (C=O) groups excluding carboxylic acids is 3. The number of nitrogens with one attached hydrogen (secondary N) is 1. The van der Waals surface area contributed by atoms with E-state index in [1.54, 1.807) is 4.90 Å². The SMILES string of the molecule is CC[C@]1(c2ccccc2)NC(=O)N(CC(=O)N2C[C@H](C)O[C@@H](C)C2)C1=O. The van der Waals surface area contributed by atoms with E-state index in [9.17, 15) is 14.4 Å². The monoisotopic (exact) mass is 359 g/mol. The zero-order valence-corrected chi connectivity index (χ0v) is 15.4. The van der Waals surface area contributed by atoms with Gasteiger partial charge in [0.05, 0.1) is 12.2 Å². The van der Waals surface area contributed by atoms with Crippen LogP contribution in [0.1, 0.15) is 32.8 Å². The summed E-state index contributed by atoms with van der Waals surface area (Å²) in [4.78, 5) is 40.9. The average molecular weight is 359 g/mol. The topological polar surface area (TPSA) is 79.0 Å². The number of ether oxygens (including phenoxy) is 1. The lowest BCUT2D eigenvalue weighted by atomic mass is 9.87. The third kappa shape index (κ3) is 3.19. The van der Waals surface area contributed by atoms with E-state index in [0.29, 0.717) is 19.5 Å². The van der Waals surface area contributed by atoms with Crippen LogP contribution in [0.4, 0.5) is 4.79 Å². The van der Waals surface area contributed by atoms with Gasteiger partial charge in [0.15, 0.2) is 0 Å². The first-order chi connectivity index (χ1) is 12.4. The molecule has 0 saturated carbocycles. The van der Waals surface area contributed by atoms with Crippen LogP contribution in [0.25, 0.3) is 0 Å². The Balaban J connectivity index is 1.78. The molecule has 2 aliphatic heterocycles. The molecule has 26 heavy (non-hydrogen) atoms. The molecule has 0 bridgehead atoms. The number of hydrogen-bond acceptors (Lipinski definition) is 4. The molecule has 0 aromatic heterocycles. The van der Waals surface area contributed by atoms with Gasteiger partial charge < -0.3 is 15.0 Å². The molecule has 0 unspecified atom stereocenters. The first kappa shape index (κ1) is 18.4. The van der Waals surface area contributed by atoms with E-state index in [0.717, 1.165) is 10.5 Å². The van der Waals surface area contributed by atoms with Gasteiger partial charge in [0.2, 0.25) is 5.91 Å². The molecule has 7 heteroatoms. The smallest absolute Gasteiger partial charge is 0.325 e. The lowest BCUT2D eigenvalue weighted by Gasteiger charge is -2.35. The standard InChI is InChI=1S/C19H25N3O4/c1-4-19(15-8-6-5-7-9-15)17(24)22(18(25)20-19)12-16(23)21-10-13(2)26-14(3)11-21/h5-9,13-14H,4,10-12H2,1-3H3,(H,20,25)/t13-,14-,19+/m0/s1. The van der Waals surface area contributed by atoms with Crippen LogP contribution in [0.5, 0.6) is 0 Å². The lowest BCUT2D eigenvalue weighted by Crippen LogP contribution is -2.52. The van der Waals surface area contributed by atoms with Crippen LogP contribution in [0, 0.1) is 0 Å². The number of nitrogens with zero attached hydrogens (tertiary/aromatic N) is 2. The van der Waals surface area contributed by atoms with Gasteiger partial charge in [0.25, 0.3) is 5.91 Å². The first-order valence-corrected chi connectivity index (χ1v) is 9.00. The highest BCUT2D eigenvalue weighted by Crippen LogP contribution is 2.32. The Morgan fingerprint density at radius 3 is 2.38 bits per heavy atom. The molecule has 2 aliphatic rings. The maximum Gasteiger partial charge on any atom is 0.325 e. The van der Waals surface area contributed by atoms with Crippen molar-refractivity contribution in [2.45, 2.75) is 44.9 Å². The van der Waals surface area contributed by atoms with E-state index < -0.39 is 11.6 Å². The van der Waals surface area contributed by atoms with Crippen molar-refractivity contribution >= 4 is 17.8 Å². The van der Waals surface area contributed by atoms with Crippen molar-refractivity contribution in [3.05, 3.63) is 35.9 Å². The van der Waals surface area contributed by atoms with E-state index in [-0.39, 0.29) is 30.6 Å². The third-order valence-corrected chi connectivity index (χ3v) is 5.04. The molecule has 3 atom stereocenters. The van der Waals surface area contributed by atoms with Gasteiger partial charge >= 0.3 is 6.03 Å². The molecule has 140 valence electrons. The number of morpholine rings is 1. The van der Waals surface area contributed by atoms with Crippen LogP contribution in [0.3, 0.4) is 0 Å². The molecule has 2 saturated heterocycles. The molecular weight excluding hydrogens is 334 g/mol. The second-order valence-corrected chi connectivity index (χ2v) is 7.00. The first-order valence-electron chi connectivity index (χ1n) is 9.00. The van der Waals surface area contributed by atoms with Crippen LogP contribution in [-0.2, 0) is 19.9 Å². The highest BCUT2D eigenvalue weighted by atomic mass is 16.5. The molecule has 1 aromatic carbocycles. The maximum absolute atomic E-state index is 13.1. The fourth-order valence-electron chi connectivity index (χ4n) is 3.75. The maximum atomic E-state index is 13.1.